The Hall–Kier alpha value is -3.35. The molecule has 1 fully saturated rings. The molecule has 0 bridgehead atoms. The van der Waals surface area contributed by atoms with Crippen molar-refractivity contribution in [1.29, 1.82) is 0 Å². The Balaban J connectivity index is 1.30. The number of rotatable bonds is 8. The van der Waals surface area contributed by atoms with Crippen LogP contribution < -0.4 is 14.8 Å². The predicted molar refractivity (Wildman–Crippen MR) is 139 cm³/mol. The van der Waals surface area contributed by atoms with Gasteiger partial charge in [-0.15, -0.1) is 0 Å². The summed E-state index contributed by atoms with van der Waals surface area (Å²) in [5.41, 5.74) is 3.51. The largest absolute Gasteiger partial charge is 0.496 e. The molecule has 0 unspecified atom stereocenters. The molecule has 2 atom stereocenters. The number of nitrogens with one attached hydrogen (secondary N) is 1. The Labute approximate surface area is 213 Å². The van der Waals surface area contributed by atoms with Crippen molar-refractivity contribution in [2.24, 2.45) is 0 Å². The smallest absolute Gasteiger partial charge is 0.258 e. The van der Waals surface area contributed by atoms with Crippen LogP contribution in [0, 0.1) is 0 Å². The van der Waals surface area contributed by atoms with Crippen molar-refractivity contribution in [1.82, 2.24) is 10.2 Å². The summed E-state index contributed by atoms with van der Waals surface area (Å²) < 4.78 is 17.4. The van der Waals surface area contributed by atoms with Gasteiger partial charge in [0.1, 0.15) is 11.5 Å². The van der Waals surface area contributed by atoms with Crippen molar-refractivity contribution < 1.29 is 19.0 Å². The van der Waals surface area contributed by atoms with E-state index in [2.05, 4.69) is 40.5 Å². The highest BCUT2D eigenvalue weighted by atomic mass is 16.5. The Morgan fingerprint density at radius 3 is 2.39 bits per heavy atom. The van der Waals surface area contributed by atoms with E-state index in [1.807, 2.05) is 48.5 Å². The van der Waals surface area contributed by atoms with Crippen LogP contribution in [0.4, 0.5) is 0 Å². The van der Waals surface area contributed by atoms with E-state index in [1.165, 1.54) is 11.1 Å². The highest BCUT2D eigenvalue weighted by Gasteiger charge is 2.53. The second kappa shape index (κ2) is 10.7. The molecule has 1 amide bonds. The molecule has 3 aromatic carbocycles. The van der Waals surface area contributed by atoms with Gasteiger partial charge in [-0.05, 0) is 55.3 Å². The molecule has 188 valence electrons. The fraction of sp³-hybridized carbons (Fsp3) is 0.367. The van der Waals surface area contributed by atoms with Crippen LogP contribution >= 0.6 is 0 Å². The van der Waals surface area contributed by atoms with Gasteiger partial charge in [-0.2, -0.15) is 0 Å². The van der Waals surface area contributed by atoms with Gasteiger partial charge in [-0.3, -0.25) is 9.69 Å². The van der Waals surface area contributed by atoms with Gasteiger partial charge in [0.2, 0.25) is 0 Å². The van der Waals surface area contributed by atoms with E-state index in [0.717, 1.165) is 43.8 Å². The lowest BCUT2D eigenvalue weighted by atomic mass is 9.72. The number of ether oxygens (including phenoxy) is 3. The van der Waals surface area contributed by atoms with Crippen LogP contribution in [-0.2, 0) is 21.5 Å². The SMILES string of the molecule is COc1ccccc1CN1CCC2(CC1)c1ccccc1[C@@H](NC(=O)COc1ccccc1)[C@@H]2OC. The summed E-state index contributed by atoms with van der Waals surface area (Å²) in [4.78, 5) is 15.4. The van der Waals surface area contributed by atoms with Gasteiger partial charge in [0.05, 0.1) is 19.3 Å². The van der Waals surface area contributed by atoms with E-state index in [0.29, 0.717) is 5.75 Å². The number of hydrogen-bond donors (Lipinski definition) is 1. The predicted octanol–water partition coefficient (Wildman–Crippen LogP) is 4.49. The Morgan fingerprint density at radius 1 is 0.944 bits per heavy atom. The molecule has 1 saturated heterocycles. The lowest BCUT2D eigenvalue weighted by molar-refractivity contribution is -0.125. The zero-order valence-electron chi connectivity index (χ0n) is 21.0. The molecule has 1 N–H and O–H groups in total. The normalized spacial score (nSPS) is 20.6. The molecule has 6 heteroatoms. The first-order chi connectivity index (χ1) is 17.6. The first kappa shape index (κ1) is 24.3. The molecule has 1 aliphatic carbocycles. The molecular weight excluding hydrogens is 452 g/mol. The van der Waals surface area contributed by atoms with E-state index >= 15 is 0 Å². The topological polar surface area (TPSA) is 60.0 Å². The minimum absolute atomic E-state index is 0.0290. The minimum Gasteiger partial charge on any atom is -0.496 e. The Morgan fingerprint density at radius 2 is 1.64 bits per heavy atom. The molecule has 1 heterocycles. The van der Waals surface area contributed by atoms with Crippen LogP contribution in [0.3, 0.4) is 0 Å². The second-order valence-electron chi connectivity index (χ2n) is 9.63. The summed E-state index contributed by atoms with van der Waals surface area (Å²) in [5.74, 6) is 1.47. The summed E-state index contributed by atoms with van der Waals surface area (Å²) in [6.45, 7) is 2.73. The van der Waals surface area contributed by atoms with Crippen LogP contribution in [-0.4, -0.2) is 50.8 Å². The molecule has 1 spiro atoms. The van der Waals surface area contributed by atoms with Crippen molar-refractivity contribution in [3.63, 3.8) is 0 Å². The number of carbonyl (C=O) groups excluding carboxylic acids is 1. The standard InChI is InChI=1S/C30H34N2O4/c1-34-26-15-9-6-10-22(26)20-32-18-16-30(17-19-32)25-14-8-7-13-24(25)28(29(30)35-2)31-27(33)21-36-23-11-4-3-5-12-23/h3-15,28-29H,16-21H2,1-2H3,(H,31,33)/t28-,29+/m1/s1. The molecule has 0 aromatic heterocycles. The molecule has 1 aliphatic heterocycles. The second-order valence-corrected chi connectivity index (χ2v) is 9.63. The van der Waals surface area contributed by atoms with Crippen molar-refractivity contribution in [3.05, 3.63) is 95.6 Å². The average molecular weight is 487 g/mol. The highest BCUT2D eigenvalue weighted by Crippen LogP contribution is 2.52. The maximum Gasteiger partial charge on any atom is 0.258 e. The van der Waals surface area contributed by atoms with Crippen molar-refractivity contribution >= 4 is 5.91 Å². The number of hydrogen-bond acceptors (Lipinski definition) is 5. The van der Waals surface area contributed by atoms with Gasteiger partial charge in [0.15, 0.2) is 6.61 Å². The van der Waals surface area contributed by atoms with Crippen molar-refractivity contribution in [2.45, 2.75) is 36.9 Å². The van der Waals surface area contributed by atoms with Crippen LogP contribution in [0.2, 0.25) is 0 Å². The number of carbonyl (C=O) groups is 1. The zero-order chi connectivity index (χ0) is 25.0. The zero-order valence-corrected chi connectivity index (χ0v) is 21.0. The molecule has 0 saturated carbocycles. The van der Waals surface area contributed by atoms with Crippen LogP contribution in [0.5, 0.6) is 11.5 Å². The molecule has 6 nitrogen and oxygen atoms in total. The van der Waals surface area contributed by atoms with Gasteiger partial charge >= 0.3 is 0 Å². The summed E-state index contributed by atoms with van der Waals surface area (Å²) in [6.07, 6.45) is 1.79. The average Bonchev–Trinajstić information content (AvgIpc) is 3.18. The first-order valence-corrected chi connectivity index (χ1v) is 12.6. The number of nitrogens with zero attached hydrogens (tertiary/aromatic N) is 1. The van der Waals surface area contributed by atoms with Crippen LogP contribution in [0.25, 0.3) is 0 Å². The Bertz CT molecular complexity index is 1170. The fourth-order valence-corrected chi connectivity index (χ4v) is 5.99. The lowest BCUT2D eigenvalue weighted by Crippen LogP contribution is -2.50. The Kier molecular flexibility index (Phi) is 7.25. The fourth-order valence-electron chi connectivity index (χ4n) is 5.99. The van der Waals surface area contributed by atoms with E-state index in [4.69, 9.17) is 14.2 Å². The van der Waals surface area contributed by atoms with E-state index in [-0.39, 0.29) is 30.1 Å². The van der Waals surface area contributed by atoms with Crippen molar-refractivity contribution in [3.8, 4) is 11.5 Å². The van der Waals surface area contributed by atoms with Gasteiger partial charge in [-0.25, -0.2) is 0 Å². The van der Waals surface area contributed by atoms with E-state index in [1.54, 1.807) is 14.2 Å². The monoisotopic (exact) mass is 486 g/mol. The number of para-hydroxylation sites is 2. The summed E-state index contributed by atoms with van der Waals surface area (Å²) in [7, 11) is 3.49. The van der Waals surface area contributed by atoms with Gasteiger partial charge in [0.25, 0.3) is 5.91 Å². The van der Waals surface area contributed by atoms with Gasteiger partial charge in [-0.1, -0.05) is 60.7 Å². The third-order valence-electron chi connectivity index (χ3n) is 7.70. The highest BCUT2D eigenvalue weighted by molar-refractivity contribution is 5.78. The van der Waals surface area contributed by atoms with Gasteiger partial charge in [0, 0.05) is 24.6 Å². The quantitative estimate of drug-likeness (QED) is 0.508. The summed E-state index contributed by atoms with van der Waals surface area (Å²) >= 11 is 0. The number of benzene rings is 3. The number of likely N-dealkylation sites (tertiary alicyclic amines) is 1. The third kappa shape index (κ3) is 4.71. The summed E-state index contributed by atoms with van der Waals surface area (Å²) in [6, 6.07) is 25.9. The molecule has 5 rings (SSSR count). The number of methoxy groups -OCH3 is 2. The summed E-state index contributed by atoms with van der Waals surface area (Å²) in [5, 5.41) is 3.22. The molecule has 0 radical (unpaired) electrons. The third-order valence-corrected chi connectivity index (χ3v) is 7.70. The van der Waals surface area contributed by atoms with E-state index < -0.39 is 0 Å². The minimum atomic E-state index is -0.209. The number of amides is 1. The molecular formula is C30H34N2O4. The molecule has 36 heavy (non-hydrogen) atoms. The molecule has 3 aromatic rings. The maximum atomic E-state index is 12.9. The number of piperidine rings is 1. The number of fused-ring (bicyclic) bond motifs is 2. The first-order valence-electron chi connectivity index (χ1n) is 12.6. The van der Waals surface area contributed by atoms with Crippen LogP contribution in [0.1, 0.15) is 35.6 Å². The van der Waals surface area contributed by atoms with Crippen molar-refractivity contribution in [2.75, 3.05) is 33.9 Å². The van der Waals surface area contributed by atoms with Gasteiger partial charge < -0.3 is 19.5 Å². The maximum absolute atomic E-state index is 12.9. The van der Waals surface area contributed by atoms with Crippen LogP contribution in [0.15, 0.2) is 78.9 Å². The lowest BCUT2D eigenvalue weighted by Gasteiger charge is -2.44. The van der Waals surface area contributed by atoms with E-state index in [9.17, 15) is 4.79 Å². The molecule has 2 aliphatic rings.